The summed E-state index contributed by atoms with van der Waals surface area (Å²) in [4.78, 5) is 2.24. The molecule has 2 rings (SSSR count). The van der Waals surface area contributed by atoms with E-state index in [2.05, 4.69) is 28.8 Å². The minimum Gasteiger partial charge on any atom is -0.296 e. The lowest BCUT2D eigenvalue weighted by atomic mass is 10.1. The van der Waals surface area contributed by atoms with E-state index in [1.807, 2.05) is 11.4 Å². The molecule has 2 aromatic rings. The van der Waals surface area contributed by atoms with Crippen molar-refractivity contribution >= 4 is 39.0 Å². The Kier molecular flexibility index (Phi) is 7.65. The van der Waals surface area contributed by atoms with Gasteiger partial charge >= 0.3 is 0 Å². The molecule has 0 radical (unpaired) electrons. The summed E-state index contributed by atoms with van der Waals surface area (Å²) in [6.07, 6.45) is 1.57. The van der Waals surface area contributed by atoms with Gasteiger partial charge in [-0.25, -0.2) is 13.1 Å². The van der Waals surface area contributed by atoms with Crippen LogP contribution in [0.15, 0.2) is 46.5 Å². The van der Waals surface area contributed by atoms with Crippen LogP contribution in [-0.4, -0.2) is 33.0 Å². The molecule has 25 heavy (non-hydrogen) atoms. The van der Waals surface area contributed by atoms with Crippen LogP contribution in [0.25, 0.3) is 6.08 Å². The van der Waals surface area contributed by atoms with Gasteiger partial charge in [-0.2, -0.15) is 11.3 Å². The molecule has 1 atom stereocenters. The van der Waals surface area contributed by atoms with Crippen LogP contribution in [0.1, 0.15) is 31.0 Å². The molecule has 0 aliphatic carbocycles. The zero-order valence-corrected chi connectivity index (χ0v) is 16.7. The van der Waals surface area contributed by atoms with Crippen LogP contribution in [-0.2, 0) is 10.0 Å². The molecule has 0 spiro atoms. The van der Waals surface area contributed by atoms with Crippen LogP contribution in [0.2, 0.25) is 5.02 Å². The number of sulfonamides is 1. The maximum atomic E-state index is 12.3. The predicted molar refractivity (Wildman–Crippen MR) is 107 cm³/mol. The molecule has 0 aliphatic heterocycles. The zero-order valence-electron chi connectivity index (χ0n) is 14.4. The zero-order chi connectivity index (χ0) is 18.3. The smallest absolute Gasteiger partial charge is 0.233 e. The molecule has 7 heteroatoms. The van der Waals surface area contributed by atoms with Crippen molar-refractivity contribution in [2.75, 3.05) is 19.6 Å². The van der Waals surface area contributed by atoms with E-state index < -0.39 is 10.0 Å². The summed E-state index contributed by atoms with van der Waals surface area (Å²) in [5.41, 5.74) is 1.92. The average Bonchev–Trinajstić information content (AvgIpc) is 3.12. The van der Waals surface area contributed by atoms with Crippen molar-refractivity contribution in [3.05, 3.63) is 62.6 Å². The van der Waals surface area contributed by atoms with E-state index in [-0.39, 0.29) is 6.04 Å². The minimum absolute atomic E-state index is 0.0277. The van der Waals surface area contributed by atoms with Gasteiger partial charge in [0.25, 0.3) is 0 Å². The molecule has 1 aromatic heterocycles. The summed E-state index contributed by atoms with van der Waals surface area (Å²) < 4.78 is 27.3. The lowest BCUT2D eigenvalue weighted by Gasteiger charge is -2.29. The van der Waals surface area contributed by atoms with Gasteiger partial charge in [0.15, 0.2) is 0 Å². The van der Waals surface area contributed by atoms with Gasteiger partial charge in [0.2, 0.25) is 10.0 Å². The van der Waals surface area contributed by atoms with Gasteiger partial charge < -0.3 is 0 Å². The topological polar surface area (TPSA) is 49.4 Å². The number of rotatable bonds is 9. The van der Waals surface area contributed by atoms with Gasteiger partial charge in [-0.1, -0.05) is 37.6 Å². The highest BCUT2D eigenvalue weighted by atomic mass is 35.5. The van der Waals surface area contributed by atoms with E-state index in [4.69, 9.17) is 11.6 Å². The van der Waals surface area contributed by atoms with Crippen molar-refractivity contribution in [3.63, 3.8) is 0 Å². The molecule has 0 aliphatic rings. The second-order valence-corrected chi connectivity index (χ2v) is 8.41. The Bertz CT molecular complexity index is 768. The number of hydrogen-bond donors (Lipinski definition) is 1. The Hall–Kier alpha value is -1.18. The first kappa shape index (κ1) is 20.1. The fourth-order valence-electron chi connectivity index (χ4n) is 2.57. The second-order valence-electron chi connectivity index (χ2n) is 5.54. The summed E-state index contributed by atoms with van der Waals surface area (Å²) in [6, 6.07) is 9.09. The molecule has 0 bridgehead atoms. The van der Waals surface area contributed by atoms with Crippen LogP contribution < -0.4 is 4.72 Å². The van der Waals surface area contributed by atoms with Gasteiger partial charge in [-0.05, 0) is 59.3 Å². The molecule has 1 unspecified atom stereocenters. The van der Waals surface area contributed by atoms with E-state index in [0.717, 1.165) is 24.2 Å². The normalized spacial score (nSPS) is 13.6. The average molecular weight is 399 g/mol. The highest BCUT2D eigenvalue weighted by Crippen LogP contribution is 2.22. The maximum Gasteiger partial charge on any atom is 0.233 e. The Balaban J connectivity index is 2.06. The van der Waals surface area contributed by atoms with Crippen LogP contribution in [0.4, 0.5) is 0 Å². The first-order valence-corrected chi connectivity index (χ1v) is 11.0. The third-order valence-electron chi connectivity index (χ3n) is 3.97. The molecule has 0 saturated carbocycles. The fraction of sp³-hybridized carbons (Fsp3) is 0.333. The number of nitrogens with zero attached hydrogens (tertiary/aromatic N) is 1. The van der Waals surface area contributed by atoms with E-state index in [9.17, 15) is 8.42 Å². The number of nitrogens with one attached hydrogen (secondary N) is 1. The van der Waals surface area contributed by atoms with Crippen LogP contribution >= 0.6 is 22.9 Å². The highest BCUT2D eigenvalue weighted by molar-refractivity contribution is 7.92. The first-order valence-electron chi connectivity index (χ1n) is 8.14. The lowest BCUT2D eigenvalue weighted by Crippen LogP contribution is -2.37. The quantitative estimate of drug-likeness (QED) is 0.682. The van der Waals surface area contributed by atoms with Crippen molar-refractivity contribution < 1.29 is 8.42 Å². The Morgan fingerprint density at radius 1 is 1.20 bits per heavy atom. The molecule has 136 valence electrons. The fourth-order valence-corrected chi connectivity index (χ4v) is 4.23. The van der Waals surface area contributed by atoms with Crippen molar-refractivity contribution in [1.29, 1.82) is 0 Å². The third-order valence-corrected chi connectivity index (χ3v) is 5.99. The van der Waals surface area contributed by atoms with Crippen molar-refractivity contribution in [2.45, 2.75) is 19.9 Å². The first-order chi connectivity index (χ1) is 11.9. The summed E-state index contributed by atoms with van der Waals surface area (Å²) in [5, 5.41) is 5.90. The van der Waals surface area contributed by atoms with Crippen LogP contribution in [0, 0.1) is 0 Å². The highest BCUT2D eigenvalue weighted by Gasteiger charge is 2.20. The second kappa shape index (κ2) is 9.50. The Morgan fingerprint density at radius 2 is 1.88 bits per heavy atom. The predicted octanol–water partition coefficient (Wildman–Crippen LogP) is 4.37. The summed E-state index contributed by atoms with van der Waals surface area (Å²) in [7, 11) is -3.51. The van der Waals surface area contributed by atoms with E-state index in [0.29, 0.717) is 11.6 Å². The van der Waals surface area contributed by atoms with E-state index in [1.54, 1.807) is 41.7 Å². The van der Waals surface area contributed by atoms with Gasteiger partial charge in [-0.15, -0.1) is 0 Å². The van der Waals surface area contributed by atoms with Crippen molar-refractivity contribution in [1.82, 2.24) is 9.62 Å². The summed E-state index contributed by atoms with van der Waals surface area (Å²) >= 11 is 7.45. The van der Waals surface area contributed by atoms with Gasteiger partial charge in [0, 0.05) is 23.0 Å². The van der Waals surface area contributed by atoms with Crippen molar-refractivity contribution in [3.8, 4) is 0 Å². The van der Waals surface area contributed by atoms with E-state index in [1.165, 1.54) is 5.41 Å². The third kappa shape index (κ3) is 6.24. The van der Waals surface area contributed by atoms with Crippen LogP contribution in [0.3, 0.4) is 0 Å². The van der Waals surface area contributed by atoms with Gasteiger partial charge in [0.1, 0.15) is 0 Å². The van der Waals surface area contributed by atoms with Gasteiger partial charge in [0.05, 0.1) is 0 Å². The van der Waals surface area contributed by atoms with Crippen LogP contribution in [0.5, 0.6) is 0 Å². The Labute approximate surface area is 159 Å². The minimum atomic E-state index is -3.51. The standard InChI is InChI=1S/C18H23ClN2O2S2/c1-3-21(4-2)18(16-9-11-24-14-16)13-20-25(22,23)12-10-15-5-7-17(19)8-6-15/h5-12,14,18,20H,3-4,13H2,1-2H3/b12-10+. The lowest BCUT2D eigenvalue weighted by molar-refractivity contribution is 0.220. The molecule has 0 fully saturated rings. The number of likely N-dealkylation sites (N-methyl/N-ethyl adjacent to an activating group) is 1. The number of hydrogen-bond acceptors (Lipinski definition) is 4. The molecule has 1 N–H and O–H groups in total. The largest absolute Gasteiger partial charge is 0.296 e. The molecule has 1 heterocycles. The monoisotopic (exact) mass is 398 g/mol. The molecule has 4 nitrogen and oxygen atoms in total. The maximum absolute atomic E-state index is 12.3. The SMILES string of the molecule is CCN(CC)C(CNS(=O)(=O)/C=C/c1ccc(Cl)cc1)c1ccsc1. The Morgan fingerprint density at radius 3 is 2.44 bits per heavy atom. The molecule has 0 saturated heterocycles. The van der Waals surface area contributed by atoms with Gasteiger partial charge in [-0.3, -0.25) is 4.90 Å². The summed E-state index contributed by atoms with van der Waals surface area (Å²) in [5.74, 6) is 0. The number of benzene rings is 1. The van der Waals surface area contributed by atoms with E-state index >= 15 is 0 Å². The number of halogens is 1. The molecule has 0 amide bonds. The number of thiophene rings is 1. The molecular weight excluding hydrogens is 376 g/mol. The summed E-state index contributed by atoms with van der Waals surface area (Å²) in [6.45, 7) is 6.22. The molecular formula is C18H23ClN2O2S2. The molecule has 1 aromatic carbocycles. The van der Waals surface area contributed by atoms with Crippen molar-refractivity contribution in [2.24, 2.45) is 0 Å².